The average Bonchev–Trinajstić information content (AvgIpc) is 2.61. The van der Waals surface area contributed by atoms with Crippen molar-refractivity contribution in [2.45, 2.75) is 74.2 Å². The number of nitrogens with zero attached hydrogens (tertiary/aromatic N) is 2. The first kappa shape index (κ1) is 18.1. The first-order chi connectivity index (χ1) is 11.6. The van der Waals surface area contributed by atoms with Crippen molar-refractivity contribution < 1.29 is 5.11 Å². The van der Waals surface area contributed by atoms with Gasteiger partial charge in [-0.3, -0.25) is 0 Å². The summed E-state index contributed by atoms with van der Waals surface area (Å²) in [4.78, 5) is 4.75. The molecule has 1 aromatic rings. The number of rotatable bonds is 4. The van der Waals surface area contributed by atoms with Gasteiger partial charge in [0.1, 0.15) is 11.1 Å². The fourth-order valence-electron chi connectivity index (χ4n) is 4.09. The number of aryl methyl sites for hydroxylation is 1. The van der Waals surface area contributed by atoms with Gasteiger partial charge in [0.2, 0.25) is 0 Å². The Kier molecular flexibility index (Phi) is 5.79. The fraction of sp³-hybridized carbons (Fsp3) is 0.684. The molecule has 0 bridgehead atoms. The summed E-state index contributed by atoms with van der Waals surface area (Å²) in [6, 6.07) is 2.41. The highest BCUT2D eigenvalue weighted by Gasteiger charge is 2.38. The summed E-state index contributed by atoms with van der Waals surface area (Å²) in [5.41, 5.74) is 3.71. The van der Waals surface area contributed by atoms with Crippen LogP contribution >= 0.6 is 23.5 Å². The Hall–Kier alpha value is -0.700. The second-order valence-corrected chi connectivity index (χ2v) is 9.02. The fourth-order valence-corrected chi connectivity index (χ4v) is 6.49. The van der Waals surface area contributed by atoms with Gasteiger partial charge in [0.25, 0.3) is 0 Å². The van der Waals surface area contributed by atoms with Crippen molar-refractivity contribution in [1.82, 2.24) is 4.98 Å². The number of fused-ring (bicyclic) bond motifs is 1. The van der Waals surface area contributed by atoms with Gasteiger partial charge in [-0.1, -0.05) is 12.8 Å². The lowest BCUT2D eigenvalue weighted by atomic mass is 9.86. The zero-order chi connectivity index (χ0) is 17.2. The van der Waals surface area contributed by atoms with E-state index in [1.807, 2.05) is 0 Å². The zero-order valence-electron chi connectivity index (χ0n) is 14.6. The molecular weight excluding hydrogens is 336 g/mol. The van der Waals surface area contributed by atoms with Gasteiger partial charge in [-0.25, -0.2) is 4.98 Å². The van der Waals surface area contributed by atoms with Gasteiger partial charge in [-0.05, 0) is 62.8 Å². The van der Waals surface area contributed by atoms with E-state index in [2.05, 4.69) is 19.2 Å². The molecule has 0 saturated heterocycles. The average molecular weight is 363 g/mol. The summed E-state index contributed by atoms with van der Waals surface area (Å²) >= 11 is 3.36. The first-order valence-corrected chi connectivity index (χ1v) is 11.2. The summed E-state index contributed by atoms with van der Waals surface area (Å²) in [5.74, 6) is 0.637. The topological polar surface area (TPSA) is 56.9 Å². The number of aliphatic hydroxyl groups is 1. The van der Waals surface area contributed by atoms with Crippen LogP contribution in [-0.4, -0.2) is 33.0 Å². The normalized spacial score (nSPS) is 26.7. The van der Waals surface area contributed by atoms with Crippen LogP contribution in [-0.2, 0) is 12.8 Å². The standard InChI is InChI=1S/C19H26N2OS2/c1-13-14-7-3-4-8-15(14)16(11-20)18(21-13)24-12-19(22)10-6-5-9-17(19)23-2/h17,22H,3-10,12H2,1-2H3. The van der Waals surface area contributed by atoms with Crippen molar-refractivity contribution in [2.24, 2.45) is 0 Å². The van der Waals surface area contributed by atoms with Gasteiger partial charge in [-0.15, -0.1) is 11.8 Å². The van der Waals surface area contributed by atoms with E-state index in [4.69, 9.17) is 4.98 Å². The zero-order valence-corrected chi connectivity index (χ0v) is 16.2. The van der Waals surface area contributed by atoms with Crippen molar-refractivity contribution in [3.63, 3.8) is 0 Å². The number of hydrogen-bond donors (Lipinski definition) is 1. The van der Waals surface area contributed by atoms with Crippen molar-refractivity contribution in [3.8, 4) is 6.07 Å². The molecule has 0 amide bonds. The molecular formula is C19H26N2OS2. The minimum absolute atomic E-state index is 0.294. The SMILES string of the molecule is CSC1CCCCC1(O)CSc1nc(C)c2c(c1C#N)CCCC2. The van der Waals surface area contributed by atoms with E-state index in [1.165, 1.54) is 24.0 Å². The maximum atomic E-state index is 11.1. The molecule has 0 radical (unpaired) electrons. The van der Waals surface area contributed by atoms with Gasteiger partial charge in [-0.2, -0.15) is 17.0 Å². The molecule has 1 aromatic heterocycles. The molecule has 2 aliphatic carbocycles. The smallest absolute Gasteiger partial charge is 0.114 e. The number of aromatic nitrogens is 1. The van der Waals surface area contributed by atoms with Gasteiger partial charge in [0, 0.05) is 16.7 Å². The Morgan fingerprint density at radius 1 is 1.25 bits per heavy atom. The van der Waals surface area contributed by atoms with Crippen molar-refractivity contribution in [3.05, 3.63) is 22.4 Å². The van der Waals surface area contributed by atoms with E-state index in [-0.39, 0.29) is 0 Å². The lowest BCUT2D eigenvalue weighted by molar-refractivity contribution is 0.0340. The van der Waals surface area contributed by atoms with Gasteiger partial charge < -0.3 is 5.11 Å². The molecule has 2 atom stereocenters. The Labute approximate surface area is 153 Å². The highest BCUT2D eigenvalue weighted by Crippen LogP contribution is 2.40. The molecule has 1 heterocycles. The monoisotopic (exact) mass is 362 g/mol. The highest BCUT2D eigenvalue weighted by molar-refractivity contribution is 8.00. The second kappa shape index (κ2) is 7.68. The second-order valence-electron chi connectivity index (χ2n) is 7.02. The molecule has 2 unspecified atom stereocenters. The van der Waals surface area contributed by atoms with E-state index in [9.17, 15) is 10.4 Å². The molecule has 3 nitrogen and oxygen atoms in total. The lowest BCUT2D eigenvalue weighted by Crippen LogP contribution is -2.45. The molecule has 1 fully saturated rings. The molecule has 1 saturated carbocycles. The lowest BCUT2D eigenvalue weighted by Gasteiger charge is -2.39. The Balaban J connectivity index is 1.85. The predicted molar refractivity (Wildman–Crippen MR) is 102 cm³/mol. The molecule has 0 spiro atoms. The molecule has 130 valence electrons. The van der Waals surface area contributed by atoms with Crippen LogP contribution in [0.15, 0.2) is 5.03 Å². The van der Waals surface area contributed by atoms with E-state index < -0.39 is 5.60 Å². The van der Waals surface area contributed by atoms with Gasteiger partial charge in [0.05, 0.1) is 11.2 Å². The molecule has 0 aromatic carbocycles. The molecule has 0 aliphatic heterocycles. The van der Waals surface area contributed by atoms with Gasteiger partial charge >= 0.3 is 0 Å². The maximum absolute atomic E-state index is 11.1. The van der Waals surface area contributed by atoms with Crippen LogP contribution in [0.3, 0.4) is 0 Å². The van der Waals surface area contributed by atoms with Crippen molar-refractivity contribution >= 4 is 23.5 Å². The summed E-state index contributed by atoms with van der Waals surface area (Å²) in [6.07, 6.45) is 10.7. The minimum atomic E-state index is -0.638. The van der Waals surface area contributed by atoms with Gasteiger partial charge in [0.15, 0.2) is 0 Å². The number of thioether (sulfide) groups is 2. The minimum Gasteiger partial charge on any atom is -0.388 e. The maximum Gasteiger partial charge on any atom is 0.114 e. The Bertz CT molecular complexity index is 656. The summed E-state index contributed by atoms with van der Waals surface area (Å²) < 4.78 is 0. The van der Waals surface area contributed by atoms with Crippen LogP contribution in [0.1, 0.15) is 60.9 Å². The summed E-state index contributed by atoms with van der Waals surface area (Å²) in [5, 5.41) is 21.9. The third-order valence-corrected chi connectivity index (χ3v) is 7.93. The van der Waals surface area contributed by atoms with Crippen LogP contribution in [0.5, 0.6) is 0 Å². The van der Waals surface area contributed by atoms with E-state index in [1.54, 1.807) is 23.5 Å². The Morgan fingerprint density at radius 2 is 2.00 bits per heavy atom. The number of pyridine rings is 1. The van der Waals surface area contributed by atoms with Crippen LogP contribution in [0.25, 0.3) is 0 Å². The molecule has 24 heavy (non-hydrogen) atoms. The molecule has 1 N–H and O–H groups in total. The quantitative estimate of drug-likeness (QED) is 0.811. The molecule has 3 rings (SSSR count). The number of hydrogen-bond acceptors (Lipinski definition) is 5. The first-order valence-electron chi connectivity index (χ1n) is 8.89. The third-order valence-electron chi connectivity index (χ3n) is 5.47. The number of nitriles is 1. The summed E-state index contributed by atoms with van der Waals surface area (Å²) in [7, 11) is 0. The predicted octanol–water partition coefficient (Wildman–Crippen LogP) is 4.27. The molecule has 2 aliphatic rings. The molecule has 5 heteroatoms. The van der Waals surface area contributed by atoms with Crippen molar-refractivity contribution in [2.75, 3.05) is 12.0 Å². The van der Waals surface area contributed by atoms with Crippen LogP contribution in [0.4, 0.5) is 0 Å². The van der Waals surface area contributed by atoms with Crippen LogP contribution in [0, 0.1) is 18.3 Å². The van der Waals surface area contributed by atoms with E-state index in [0.29, 0.717) is 11.0 Å². The third kappa shape index (κ3) is 3.47. The largest absolute Gasteiger partial charge is 0.388 e. The van der Waals surface area contributed by atoms with E-state index in [0.717, 1.165) is 54.8 Å². The summed E-state index contributed by atoms with van der Waals surface area (Å²) in [6.45, 7) is 2.06. The van der Waals surface area contributed by atoms with Crippen molar-refractivity contribution in [1.29, 1.82) is 5.26 Å². The van der Waals surface area contributed by atoms with Crippen LogP contribution in [0.2, 0.25) is 0 Å². The highest BCUT2D eigenvalue weighted by atomic mass is 32.2. The van der Waals surface area contributed by atoms with Crippen LogP contribution < -0.4 is 0 Å². The van der Waals surface area contributed by atoms with E-state index >= 15 is 0 Å². The Morgan fingerprint density at radius 3 is 2.71 bits per heavy atom.